The highest BCUT2D eigenvalue weighted by Gasteiger charge is 2.01. The van der Waals surface area contributed by atoms with E-state index in [0.29, 0.717) is 24.7 Å². The van der Waals surface area contributed by atoms with E-state index in [2.05, 4.69) is 36.4 Å². The van der Waals surface area contributed by atoms with Crippen molar-refractivity contribution in [2.45, 2.75) is 26.7 Å². The maximum atomic E-state index is 9.68. The predicted molar refractivity (Wildman–Crippen MR) is 224 cm³/mol. The zero-order chi connectivity index (χ0) is 38.4. The monoisotopic (exact) mass is 720 g/mol. The Hall–Kier alpha value is -6.66. The molecule has 0 saturated heterocycles. The van der Waals surface area contributed by atoms with E-state index in [1.54, 1.807) is 48.5 Å². The molecule has 0 aliphatic heterocycles. The molecular weight excluding hydrogens is 673 g/mol. The van der Waals surface area contributed by atoms with Gasteiger partial charge in [0, 0.05) is 12.1 Å². The maximum absolute atomic E-state index is 9.68. The van der Waals surface area contributed by atoms with Gasteiger partial charge in [0.1, 0.15) is 34.5 Å². The molecule has 0 saturated carbocycles. The van der Waals surface area contributed by atoms with Crippen LogP contribution in [-0.4, -0.2) is 33.6 Å². The Labute approximate surface area is 318 Å². The molecule has 0 heterocycles. The summed E-state index contributed by atoms with van der Waals surface area (Å²) in [5.74, 6) is 2.19. The summed E-state index contributed by atoms with van der Waals surface area (Å²) in [4.78, 5) is 0. The van der Waals surface area contributed by atoms with Crippen molar-refractivity contribution in [3.05, 3.63) is 179 Å². The van der Waals surface area contributed by atoms with E-state index in [1.165, 1.54) is 11.1 Å². The first-order valence-electron chi connectivity index (χ1n) is 18.0. The molecule has 0 aliphatic carbocycles. The highest BCUT2D eigenvalue weighted by molar-refractivity contribution is 5.72. The molecule has 0 bridgehead atoms. The van der Waals surface area contributed by atoms with E-state index < -0.39 is 0 Å². The van der Waals surface area contributed by atoms with Crippen molar-refractivity contribution in [3.63, 3.8) is 0 Å². The Bertz CT molecular complexity index is 1900. The van der Waals surface area contributed by atoms with Gasteiger partial charge in [0.15, 0.2) is 0 Å². The molecule has 0 amide bonds. The number of rotatable bonds is 12. The minimum Gasteiger partial charge on any atom is -0.508 e. The van der Waals surface area contributed by atoms with Crippen molar-refractivity contribution in [2.75, 3.05) is 13.2 Å². The van der Waals surface area contributed by atoms with Gasteiger partial charge in [0.2, 0.25) is 0 Å². The largest absolute Gasteiger partial charge is 0.508 e. The standard InChI is InChI=1S/2C17H18O3.C14H12/c2*1-2-9-20-17-11-14(10-16(19)12-17)4-3-13-5-7-15(18)8-6-13;1-3-7-13(8-4-1)11-12-14-9-5-2-6-10-14/h2*3-8,10-12,18-19H,2,9H2,1H3;1-12H. The van der Waals surface area contributed by atoms with E-state index in [9.17, 15) is 20.4 Å². The first kappa shape index (κ1) is 40.1. The van der Waals surface area contributed by atoms with Gasteiger partial charge >= 0.3 is 0 Å². The third-order valence-electron chi connectivity index (χ3n) is 7.56. The minimum absolute atomic E-state index is 0.184. The summed E-state index contributed by atoms with van der Waals surface area (Å²) in [6.45, 7) is 5.33. The smallest absolute Gasteiger partial charge is 0.123 e. The summed E-state index contributed by atoms with van der Waals surface area (Å²) in [6, 6.07) is 44.8. The summed E-state index contributed by atoms with van der Waals surface area (Å²) in [7, 11) is 0. The molecule has 0 unspecified atom stereocenters. The number of phenols is 4. The van der Waals surface area contributed by atoms with Crippen LogP contribution >= 0.6 is 0 Å². The van der Waals surface area contributed by atoms with Gasteiger partial charge < -0.3 is 29.9 Å². The molecular formula is C48H48O6. The molecule has 6 aromatic rings. The third kappa shape index (κ3) is 15.3. The van der Waals surface area contributed by atoms with Crippen LogP contribution in [0.3, 0.4) is 0 Å². The molecule has 0 spiro atoms. The average Bonchev–Trinajstić information content (AvgIpc) is 3.19. The fraction of sp³-hybridized carbons (Fsp3) is 0.125. The van der Waals surface area contributed by atoms with Crippen LogP contribution in [0.5, 0.6) is 34.5 Å². The summed E-state index contributed by atoms with van der Waals surface area (Å²) in [5, 5.41) is 37.8. The fourth-order valence-electron chi connectivity index (χ4n) is 4.89. The van der Waals surface area contributed by atoms with Crippen LogP contribution in [-0.2, 0) is 0 Å². The van der Waals surface area contributed by atoms with Crippen molar-refractivity contribution in [2.24, 2.45) is 0 Å². The number of hydrogen-bond acceptors (Lipinski definition) is 6. The van der Waals surface area contributed by atoms with Gasteiger partial charge in [-0.15, -0.1) is 0 Å². The molecule has 6 nitrogen and oxygen atoms in total. The fourth-order valence-corrected chi connectivity index (χ4v) is 4.89. The van der Waals surface area contributed by atoms with Crippen molar-refractivity contribution in [1.82, 2.24) is 0 Å². The van der Waals surface area contributed by atoms with E-state index in [4.69, 9.17) is 9.47 Å². The van der Waals surface area contributed by atoms with Crippen LogP contribution in [0, 0.1) is 0 Å². The van der Waals surface area contributed by atoms with Gasteiger partial charge in [-0.25, -0.2) is 0 Å². The van der Waals surface area contributed by atoms with Crippen LogP contribution in [0.4, 0.5) is 0 Å². The molecule has 0 aromatic heterocycles. The molecule has 0 fully saturated rings. The van der Waals surface area contributed by atoms with Crippen molar-refractivity contribution < 1.29 is 29.9 Å². The number of aromatic hydroxyl groups is 4. The van der Waals surface area contributed by atoms with Crippen LogP contribution in [0.2, 0.25) is 0 Å². The number of ether oxygens (including phenoxy) is 2. The first-order valence-corrected chi connectivity index (χ1v) is 18.0. The SMILES string of the molecule is C(=Cc1ccccc1)c1ccccc1.CCCOc1cc(O)cc(C=Cc2ccc(O)cc2)c1.CCCOc1cc(O)cc(C=Cc2ccc(O)cc2)c1. The minimum atomic E-state index is 0.184. The highest BCUT2D eigenvalue weighted by Crippen LogP contribution is 2.25. The predicted octanol–water partition coefficient (Wildman–Crippen LogP) is 12.0. The third-order valence-corrected chi connectivity index (χ3v) is 7.56. The lowest BCUT2D eigenvalue weighted by Crippen LogP contribution is -1.94. The molecule has 0 atom stereocenters. The summed E-state index contributed by atoms with van der Waals surface area (Å²) < 4.78 is 11.0. The van der Waals surface area contributed by atoms with Crippen molar-refractivity contribution in [3.8, 4) is 34.5 Å². The molecule has 276 valence electrons. The van der Waals surface area contributed by atoms with Gasteiger partial charge in [-0.05, 0) is 94.8 Å². The van der Waals surface area contributed by atoms with Gasteiger partial charge in [0.05, 0.1) is 13.2 Å². The first-order chi connectivity index (χ1) is 26.3. The second kappa shape index (κ2) is 22.3. The van der Waals surface area contributed by atoms with E-state index >= 15 is 0 Å². The number of benzene rings is 6. The van der Waals surface area contributed by atoms with Gasteiger partial charge in [-0.3, -0.25) is 0 Å². The lowest BCUT2D eigenvalue weighted by atomic mass is 10.1. The van der Waals surface area contributed by atoms with Crippen LogP contribution in [0.1, 0.15) is 60.1 Å². The topological polar surface area (TPSA) is 99.4 Å². The van der Waals surface area contributed by atoms with Crippen LogP contribution in [0.15, 0.2) is 146 Å². The highest BCUT2D eigenvalue weighted by atomic mass is 16.5. The van der Waals surface area contributed by atoms with Crippen molar-refractivity contribution in [1.29, 1.82) is 0 Å². The van der Waals surface area contributed by atoms with Crippen LogP contribution < -0.4 is 9.47 Å². The maximum Gasteiger partial charge on any atom is 0.123 e. The molecule has 6 rings (SSSR count). The Morgan fingerprint density at radius 2 is 0.667 bits per heavy atom. The summed E-state index contributed by atoms with van der Waals surface area (Å²) >= 11 is 0. The van der Waals surface area contributed by atoms with Gasteiger partial charge in [-0.2, -0.15) is 0 Å². The quantitative estimate of drug-likeness (QED) is 0.0939. The Morgan fingerprint density at radius 1 is 0.352 bits per heavy atom. The Balaban J connectivity index is 0.000000184. The lowest BCUT2D eigenvalue weighted by Gasteiger charge is -2.06. The molecule has 6 aromatic carbocycles. The molecule has 6 heteroatoms. The summed E-state index contributed by atoms with van der Waals surface area (Å²) in [6.07, 6.45) is 13.7. The average molecular weight is 721 g/mol. The summed E-state index contributed by atoms with van der Waals surface area (Å²) in [5.41, 5.74) is 6.14. The van der Waals surface area contributed by atoms with Gasteiger partial charge in [0.25, 0.3) is 0 Å². The molecule has 0 radical (unpaired) electrons. The normalized spacial score (nSPS) is 10.8. The molecule has 54 heavy (non-hydrogen) atoms. The van der Waals surface area contributed by atoms with E-state index in [0.717, 1.165) is 35.1 Å². The molecule has 4 N–H and O–H groups in total. The lowest BCUT2D eigenvalue weighted by molar-refractivity contribution is 0.315. The second-order valence-electron chi connectivity index (χ2n) is 12.2. The van der Waals surface area contributed by atoms with E-state index in [1.807, 2.05) is 111 Å². The van der Waals surface area contributed by atoms with Crippen LogP contribution in [0.25, 0.3) is 36.5 Å². The number of phenolic OH excluding ortho intramolecular Hbond substituents is 4. The van der Waals surface area contributed by atoms with E-state index in [-0.39, 0.29) is 23.0 Å². The van der Waals surface area contributed by atoms with Crippen molar-refractivity contribution >= 4 is 36.5 Å². The Morgan fingerprint density at radius 3 is 1.00 bits per heavy atom. The zero-order valence-corrected chi connectivity index (χ0v) is 30.8. The number of hydrogen-bond donors (Lipinski definition) is 4. The Kier molecular flexibility index (Phi) is 16.6. The molecule has 0 aliphatic rings. The van der Waals surface area contributed by atoms with Gasteiger partial charge in [-0.1, -0.05) is 135 Å². The second-order valence-corrected chi connectivity index (χ2v) is 12.2. The zero-order valence-electron chi connectivity index (χ0n) is 30.8.